The number of para-hydroxylation sites is 2. The molecule has 2 radical (unpaired) electrons. The highest BCUT2D eigenvalue weighted by molar-refractivity contribution is 5.85. The van der Waals surface area contributed by atoms with E-state index in [1.807, 2.05) is 36.4 Å². The van der Waals surface area contributed by atoms with Crippen molar-refractivity contribution in [2.24, 2.45) is 0 Å². The van der Waals surface area contributed by atoms with E-state index in [1.54, 1.807) is 0 Å². The van der Waals surface area contributed by atoms with Gasteiger partial charge in [-0.2, -0.15) is 0 Å². The Kier molecular flexibility index (Phi) is 1.31. The monoisotopic (exact) mass is 205 g/mol. The van der Waals surface area contributed by atoms with Crippen molar-refractivity contribution in [1.29, 1.82) is 0 Å². The van der Waals surface area contributed by atoms with E-state index in [-0.39, 0.29) is 0 Å². The molecule has 2 aromatic carbocycles. The van der Waals surface area contributed by atoms with Crippen molar-refractivity contribution in [1.82, 2.24) is 14.9 Å². The second kappa shape index (κ2) is 2.64. The lowest BCUT2D eigenvalue weighted by molar-refractivity contribution is 1.07. The van der Waals surface area contributed by atoms with Gasteiger partial charge >= 0.3 is 0 Å². The number of nitrogens with zero attached hydrogens (tertiary/aromatic N) is 3. The zero-order valence-electron chi connectivity index (χ0n) is 8.38. The lowest BCUT2D eigenvalue weighted by Crippen LogP contribution is -1.87. The summed E-state index contributed by atoms with van der Waals surface area (Å²) < 4.78 is 2.08. The predicted octanol–water partition coefficient (Wildman–Crippen LogP) is 2.71. The van der Waals surface area contributed by atoms with E-state index in [2.05, 4.69) is 27.0 Å². The first-order valence-electron chi connectivity index (χ1n) is 5.13. The molecule has 74 valence electrons. The largest absolute Gasteiger partial charge is 0.275 e. The number of imidazole rings is 1. The molecule has 0 amide bonds. The minimum atomic E-state index is 0.760. The summed E-state index contributed by atoms with van der Waals surface area (Å²) in [5.41, 5.74) is 4.11. The molecule has 2 heterocycles. The van der Waals surface area contributed by atoms with Crippen LogP contribution in [0.25, 0.3) is 16.7 Å². The van der Waals surface area contributed by atoms with Crippen molar-refractivity contribution in [3.63, 3.8) is 0 Å². The van der Waals surface area contributed by atoms with Crippen molar-refractivity contribution in [2.75, 3.05) is 0 Å². The maximum absolute atomic E-state index is 4.49. The molecule has 3 aromatic rings. The molecule has 0 spiro atoms. The molecule has 1 aliphatic rings. The minimum absolute atomic E-state index is 0.760. The second-order valence-corrected chi connectivity index (χ2v) is 3.76. The fourth-order valence-electron chi connectivity index (χ4n) is 2.13. The van der Waals surface area contributed by atoms with E-state index in [0.717, 1.165) is 28.4 Å². The van der Waals surface area contributed by atoms with E-state index < -0.39 is 0 Å². The summed E-state index contributed by atoms with van der Waals surface area (Å²) >= 11 is 0. The normalized spacial score (nSPS) is 12.2. The van der Waals surface area contributed by atoms with E-state index in [1.165, 1.54) is 0 Å². The van der Waals surface area contributed by atoms with E-state index >= 15 is 0 Å². The third kappa shape index (κ3) is 0.852. The first kappa shape index (κ1) is 7.93. The van der Waals surface area contributed by atoms with E-state index in [4.69, 9.17) is 0 Å². The molecule has 1 aliphatic heterocycles. The van der Waals surface area contributed by atoms with Crippen molar-refractivity contribution in [3.05, 3.63) is 48.5 Å². The molecule has 0 saturated carbocycles. The average molecular weight is 205 g/mol. The number of hydrogen-bond donors (Lipinski definition) is 0. The zero-order chi connectivity index (χ0) is 10.5. The van der Waals surface area contributed by atoms with Crippen LogP contribution in [0.1, 0.15) is 0 Å². The van der Waals surface area contributed by atoms with E-state index in [9.17, 15) is 0 Å². The highest BCUT2D eigenvalue weighted by atomic mass is 15.3. The van der Waals surface area contributed by atoms with Crippen LogP contribution in [0.5, 0.6) is 0 Å². The number of hydrogen-bond acceptors (Lipinski definition) is 1. The maximum atomic E-state index is 4.49. The molecule has 0 saturated heterocycles. The Morgan fingerprint density at radius 1 is 1.12 bits per heavy atom. The van der Waals surface area contributed by atoms with Crippen LogP contribution >= 0.6 is 0 Å². The third-order valence-electron chi connectivity index (χ3n) is 2.82. The second-order valence-electron chi connectivity index (χ2n) is 3.76. The van der Waals surface area contributed by atoms with Gasteiger partial charge in [0.25, 0.3) is 0 Å². The van der Waals surface area contributed by atoms with Gasteiger partial charge in [-0.05, 0) is 30.3 Å². The highest BCUT2D eigenvalue weighted by Crippen LogP contribution is 2.36. The van der Waals surface area contributed by atoms with Gasteiger partial charge in [0.2, 0.25) is 5.95 Å². The Hall–Kier alpha value is -2.29. The predicted molar refractivity (Wildman–Crippen MR) is 61.4 cm³/mol. The van der Waals surface area contributed by atoms with Crippen LogP contribution in [0, 0.1) is 6.07 Å². The van der Waals surface area contributed by atoms with Gasteiger partial charge in [0.1, 0.15) is 0 Å². The smallest absolute Gasteiger partial charge is 0.236 e. The summed E-state index contributed by atoms with van der Waals surface area (Å²) in [7, 11) is 0. The quantitative estimate of drug-likeness (QED) is 0.434. The van der Waals surface area contributed by atoms with Crippen molar-refractivity contribution < 1.29 is 0 Å². The summed E-state index contributed by atoms with van der Waals surface area (Å²) in [6.07, 6.45) is 0. The van der Waals surface area contributed by atoms with Crippen molar-refractivity contribution >= 4 is 22.7 Å². The first-order chi connectivity index (χ1) is 7.93. The van der Waals surface area contributed by atoms with Crippen LogP contribution in [-0.2, 0) is 0 Å². The number of aromatic nitrogens is 2. The maximum Gasteiger partial charge on any atom is 0.236 e. The Morgan fingerprint density at radius 3 is 3.06 bits per heavy atom. The molecule has 1 aromatic heterocycles. The van der Waals surface area contributed by atoms with Gasteiger partial charge in [0.05, 0.1) is 22.4 Å². The fourth-order valence-corrected chi connectivity index (χ4v) is 2.13. The van der Waals surface area contributed by atoms with Gasteiger partial charge in [-0.1, -0.05) is 18.2 Å². The Bertz CT molecular complexity index is 697. The molecule has 0 N–H and O–H groups in total. The number of fused-ring (bicyclic) bond motifs is 5. The van der Waals surface area contributed by atoms with E-state index in [0.29, 0.717) is 0 Å². The van der Waals surface area contributed by atoms with Gasteiger partial charge in [-0.3, -0.25) is 4.57 Å². The Morgan fingerprint density at radius 2 is 2.06 bits per heavy atom. The third-order valence-corrected chi connectivity index (χ3v) is 2.82. The van der Waals surface area contributed by atoms with Gasteiger partial charge in [-0.25, -0.2) is 10.3 Å². The van der Waals surface area contributed by atoms with Crippen molar-refractivity contribution in [3.8, 4) is 5.69 Å². The molecule has 4 rings (SSSR count). The van der Waals surface area contributed by atoms with Gasteiger partial charge in [-0.15, -0.1) is 0 Å². The SMILES string of the molecule is [c]1ccc2c(c1)nc1n2-c2ccccc2[N]1. The highest BCUT2D eigenvalue weighted by Gasteiger charge is 2.22. The fraction of sp³-hybridized carbons (Fsp3) is 0. The molecule has 16 heavy (non-hydrogen) atoms. The van der Waals surface area contributed by atoms with Crippen LogP contribution in [0.2, 0.25) is 0 Å². The van der Waals surface area contributed by atoms with Crippen LogP contribution in [0.4, 0.5) is 11.6 Å². The topological polar surface area (TPSA) is 31.9 Å². The van der Waals surface area contributed by atoms with Crippen LogP contribution in [0.3, 0.4) is 0 Å². The number of rotatable bonds is 0. The van der Waals surface area contributed by atoms with Gasteiger partial charge in [0, 0.05) is 0 Å². The summed E-state index contributed by atoms with van der Waals surface area (Å²) in [6.45, 7) is 0. The summed E-state index contributed by atoms with van der Waals surface area (Å²) in [5.74, 6) is 0.760. The first-order valence-corrected chi connectivity index (χ1v) is 5.13. The summed E-state index contributed by atoms with van der Waals surface area (Å²) in [5, 5.41) is 4.49. The molecule has 0 atom stereocenters. The molecule has 3 heteroatoms. The molecule has 0 aliphatic carbocycles. The lowest BCUT2D eigenvalue weighted by Gasteiger charge is -2.00. The van der Waals surface area contributed by atoms with Gasteiger partial charge < -0.3 is 0 Å². The van der Waals surface area contributed by atoms with Crippen molar-refractivity contribution in [2.45, 2.75) is 0 Å². The Balaban J connectivity index is 2.15. The molecular weight excluding hydrogens is 198 g/mol. The molecule has 0 fully saturated rings. The summed E-state index contributed by atoms with van der Waals surface area (Å²) in [4.78, 5) is 4.47. The zero-order valence-corrected chi connectivity index (χ0v) is 8.38. The molecule has 0 unspecified atom stereocenters. The standard InChI is InChI=1S/C13H7N3/c1-3-7-11-9(5-1)14-13-15-10-6-2-4-8-12(10)16(11)13/h1,3-8H. The summed E-state index contributed by atoms with van der Waals surface area (Å²) in [6, 6.07) is 16.9. The Labute approximate surface area is 92.4 Å². The van der Waals surface area contributed by atoms with Crippen LogP contribution in [-0.4, -0.2) is 9.55 Å². The molecular formula is C13H7N3. The molecule has 0 bridgehead atoms. The average Bonchev–Trinajstić information content (AvgIpc) is 2.83. The minimum Gasteiger partial charge on any atom is -0.275 e. The van der Waals surface area contributed by atoms with Gasteiger partial charge in [0.15, 0.2) is 0 Å². The molecule has 3 nitrogen and oxygen atoms in total. The van der Waals surface area contributed by atoms with Crippen LogP contribution < -0.4 is 5.32 Å². The lowest BCUT2D eigenvalue weighted by atomic mass is 10.2. The van der Waals surface area contributed by atoms with Crippen LogP contribution in [0.15, 0.2) is 42.5 Å². The number of benzene rings is 2.